The molecular formula is C9H18N2O4. The van der Waals surface area contributed by atoms with Gasteiger partial charge in [0.15, 0.2) is 0 Å². The molecule has 0 rings (SSSR count). The van der Waals surface area contributed by atoms with Crippen molar-refractivity contribution in [3.8, 4) is 0 Å². The molecule has 0 aromatic heterocycles. The molecule has 15 heavy (non-hydrogen) atoms. The van der Waals surface area contributed by atoms with E-state index in [2.05, 4.69) is 0 Å². The number of carbonyl (C=O) groups excluding carboxylic acids is 2. The first-order chi connectivity index (χ1) is 7.13. The van der Waals surface area contributed by atoms with Crippen molar-refractivity contribution in [2.45, 2.75) is 19.3 Å². The first-order valence-electron chi connectivity index (χ1n) is 4.85. The normalized spacial score (nSPS) is 10.1. The lowest BCUT2D eigenvalue weighted by molar-refractivity contribution is -0.119. The van der Waals surface area contributed by atoms with Crippen molar-refractivity contribution in [3.05, 3.63) is 0 Å². The molecule has 0 atom stereocenters. The summed E-state index contributed by atoms with van der Waals surface area (Å²) in [5, 5.41) is 0. The molecule has 0 unspecified atom stereocenters. The highest BCUT2D eigenvalue weighted by molar-refractivity contribution is 5.74. The Hall–Kier alpha value is -1.14. The van der Waals surface area contributed by atoms with Crippen LogP contribution in [0.2, 0.25) is 0 Å². The topological polar surface area (TPSA) is 105 Å². The highest BCUT2D eigenvalue weighted by Gasteiger charge is 1.96. The predicted molar refractivity (Wildman–Crippen MR) is 53.9 cm³/mol. The lowest BCUT2D eigenvalue weighted by Crippen LogP contribution is -2.15. The Kier molecular flexibility index (Phi) is 8.70. The van der Waals surface area contributed by atoms with Crippen LogP contribution in [0.1, 0.15) is 19.3 Å². The Morgan fingerprint density at radius 3 is 1.53 bits per heavy atom. The molecule has 88 valence electrons. The molecular weight excluding hydrogens is 200 g/mol. The summed E-state index contributed by atoms with van der Waals surface area (Å²) < 4.78 is 10.2. The minimum atomic E-state index is -0.368. The van der Waals surface area contributed by atoms with Gasteiger partial charge in [-0.05, 0) is 6.42 Å². The van der Waals surface area contributed by atoms with Crippen molar-refractivity contribution in [2.24, 2.45) is 11.5 Å². The summed E-state index contributed by atoms with van der Waals surface area (Å²) >= 11 is 0. The number of carbonyl (C=O) groups is 2. The van der Waals surface area contributed by atoms with E-state index in [0.717, 1.165) is 6.42 Å². The third-order valence-corrected chi connectivity index (χ3v) is 1.56. The molecule has 0 saturated carbocycles. The molecule has 0 heterocycles. The molecule has 0 aliphatic carbocycles. The van der Waals surface area contributed by atoms with Crippen LogP contribution in [0, 0.1) is 0 Å². The van der Waals surface area contributed by atoms with E-state index in [1.165, 1.54) is 0 Å². The zero-order chi connectivity index (χ0) is 11.5. The molecule has 0 aliphatic heterocycles. The Balaban J connectivity index is 2.99. The van der Waals surface area contributed by atoms with E-state index in [0.29, 0.717) is 26.4 Å². The number of ether oxygens (including phenoxy) is 2. The zero-order valence-corrected chi connectivity index (χ0v) is 8.74. The second-order valence-corrected chi connectivity index (χ2v) is 3.01. The zero-order valence-electron chi connectivity index (χ0n) is 8.74. The Morgan fingerprint density at radius 1 is 0.800 bits per heavy atom. The molecule has 2 amide bonds. The summed E-state index contributed by atoms with van der Waals surface area (Å²) in [6.45, 7) is 1.72. The number of amides is 2. The molecule has 0 aromatic carbocycles. The van der Waals surface area contributed by atoms with Crippen LogP contribution in [0.3, 0.4) is 0 Å². The molecule has 0 radical (unpaired) electrons. The number of hydrogen-bond acceptors (Lipinski definition) is 4. The minimum absolute atomic E-state index is 0.239. The third-order valence-electron chi connectivity index (χ3n) is 1.56. The highest BCUT2D eigenvalue weighted by Crippen LogP contribution is 1.88. The fraction of sp³-hybridized carbons (Fsp3) is 0.778. The standard InChI is InChI=1S/C9H18N2O4/c10-8(12)2-6-14-4-1-5-15-7-3-9(11)13/h1-7H2,(H2,10,12)(H2,11,13). The van der Waals surface area contributed by atoms with Gasteiger partial charge in [-0.15, -0.1) is 0 Å². The van der Waals surface area contributed by atoms with Crippen molar-refractivity contribution in [3.63, 3.8) is 0 Å². The smallest absolute Gasteiger partial charge is 0.219 e. The second-order valence-electron chi connectivity index (χ2n) is 3.01. The van der Waals surface area contributed by atoms with Gasteiger partial charge in [0.1, 0.15) is 0 Å². The van der Waals surface area contributed by atoms with Gasteiger partial charge in [-0.2, -0.15) is 0 Å². The van der Waals surface area contributed by atoms with E-state index < -0.39 is 0 Å². The summed E-state index contributed by atoms with van der Waals surface area (Å²) in [5.41, 5.74) is 9.83. The lowest BCUT2D eigenvalue weighted by atomic mass is 10.4. The third kappa shape index (κ3) is 12.9. The molecule has 0 fully saturated rings. The molecule has 4 N–H and O–H groups in total. The van der Waals surface area contributed by atoms with Gasteiger partial charge in [0.05, 0.1) is 13.2 Å². The van der Waals surface area contributed by atoms with Crippen molar-refractivity contribution in [1.82, 2.24) is 0 Å². The van der Waals surface area contributed by atoms with E-state index in [4.69, 9.17) is 20.9 Å². The largest absolute Gasteiger partial charge is 0.381 e. The summed E-state index contributed by atoms with van der Waals surface area (Å²) in [6, 6.07) is 0. The highest BCUT2D eigenvalue weighted by atomic mass is 16.5. The maximum absolute atomic E-state index is 10.3. The van der Waals surface area contributed by atoms with E-state index in [-0.39, 0.29) is 24.7 Å². The lowest BCUT2D eigenvalue weighted by Gasteiger charge is -2.03. The van der Waals surface area contributed by atoms with E-state index in [1.807, 2.05) is 0 Å². The van der Waals surface area contributed by atoms with E-state index in [9.17, 15) is 9.59 Å². The van der Waals surface area contributed by atoms with Gasteiger partial charge in [0.25, 0.3) is 0 Å². The van der Waals surface area contributed by atoms with Gasteiger partial charge >= 0.3 is 0 Å². The molecule has 0 bridgehead atoms. The van der Waals surface area contributed by atoms with Crippen molar-refractivity contribution in [2.75, 3.05) is 26.4 Å². The predicted octanol–water partition coefficient (Wildman–Crippen LogP) is -0.839. The molecule has 0 aromatic rings. The molecule has 0 spiro atoms. The van der Waals surface area contributed by atoms with Gasteiger partial charge in [-0.1, -0.05) is 0 Å². The number of primary amides is 2. The van der Waals surface area contributed by atoms with Crippen LogP contribution in [-0.4, -0.2) is 38.2 Å². The van der Waals surface area contributed by atoms with Crippen molar-refractivity contribution >= 4 is 11.8 Å². The van der Waals surface area contributed by atoms with Crippen molar-refractivity contribution < 1.29 is 19.1 Å². The Labute approximate surface area is 88.9 Å². The van der Waals surface area contributed by atoms with Crippen molar-refractivity contribution in [1.29, 1.82) is 0 Å². The van der Waals surface area contributed by atoms with E-state index in [1.54, 1.807) is 0 Å². The molecule has 6 heteroatoms. The van der Waals surface area contributed by atoms with Crippen LogP contribution in [0.5, 0.6) is 0 Å². The fourth-order valence-electron chi connectivity index (χ4n) is 0.813. The Bertz CT molecular complexity index is 177. The van der Waals surface area contributed by atoms with Crippen LogP contribution in [-0.2, 0) is 19.1 Å². The van der Waals surface area contributed by atoms with Gasteiger partial charge in [-0.3, -0.25) is 9.59 Å². The molecule has 6 nitrogen and oxygen atoms in total. The molecule has 0 saturated heterocycles. The first kappa shape index (κ1) is 13.9. The monoisotopic (exact) mass is 218 g/mol. The maximum Gasteiger partial charge on any atom is 0.219 e. The average Bonchev–Trinajstić information content (AvgIpc) is 2.14. The summed E-state index contributed by atoms with van der Waals surface area (Å²) in [6.07, 6.45) is 1.20. The Morgan fingerprint density at radius 2 is 1.20 bits per heavy atom. The SMILES string of the molecule is NC(=O)CCOCCCOCCC(N)=O. The average molecular weight is 218 g/mol. The minimum Gasteiger partial charge on any atom is -0.381 e. The number of rotatable bonds is 10. The van der Waals surface area contributed by atoms with Gasteiger partial charge in [-0.25, -0.2) is 0 Å². The first-order valence-corrected chi connectivity index (χ1v) is 4.85. The maximum atomic E-state index is 10.3. The van der Waals surface area contributed by atoms with Gasteiger partial charge in [0, 0.05) is 26.1 Å². The number of nitrogens with two attached hydrogens (primary N) is 2. The van der Waals surface area contributed by atoms with Gasteiger partial charge < -0.3 is 20.9 Å². The van der Waals surface area contributed by atoms with E-state index >= 15 is 0 Å². The fourth-order valence-corrected chi connectivity index (χ4v) is 0.813. The van der Waals surface area contributed by atoms with Crippen LogP contribution in [0.15, 0.2) is 0 Å². The van der Waals surface area contributed by atoms with Crippen LogP contribution < -0.4 is 11.5 Å². The van der Waals surface area contributed by atoms with Gasteiger partial charge in [0.2, 0.25) is 11.8 Å². The van der Waals surface area contributed by atoms with Crippen LogP contribution in [0.4, 0.5) is 0 Å². The molecule has 0 aliphatic rings. The summed E-state index contributed by atoms with van der Waals surface area (Å²) in [4.78, 5) is 20.6. The summed E-state index contributed by atoms with van der Waals surface area (Å²) in [5.74, 6) is -0.736. The second kappa shape index (κ2) is 9.42. The summed E-state index contributed by atoms with van der Waals surface area (Å²) in [7, 11) is 0. The van der Waals surface area contributed by atoms with Crippen LogP contribution >= 0.6 is 0 Å². The number of hydrogen-bond donors (Lipinski definition) is 2. The quantitative estimate of drug-likeness (QED) is 0.466. The van der Waals surface area contributed by atoms with Crippen LogP contribution in [0.25, 0.3) is 0 Å².